The van der Waals surface area contributed by atoms with Crippen molar-refractivity contribution in [1.29, 1.82) is 0 Å². The van der Waals surface area contributed by atoms with Gasteiger partial charge in [-0.05, 0) is 36.0 Å². The molecule has 0 aliphatic carbocycles. The van der Waals surface area contributed by atoms with Gasteiger partial charge in [0.25, 0.3) is 0 Å². The van der Waals surface area contributed by atoms with E-state index in [9.17, 15) is 5.11 Å². The van der Waals surface area contributed by atoms with Gasteiger partial charge in [0.05, 0.1) is 0 Å². The third-order valence-electron chi connectivity index (χ3n) is 2.68. The van der Waals surface area contributed by atoms with E-state index in [0.29, 0.717) is 21.5 Å². The maximum atomic E-state index is 9.48. The molecule has 1 aromatic rings. The first-order valence-corrected chi connectivity index (χ1v) is 6.68. The van der Waals surface area contributed by atoms with E-state index < -0.39 is 0 Å². The molecule has 0 saturated carbocycles. The summed E-state index contributed by atoms with van der Waals surface area (Å²) in [6.07, 6.45) is 1.17. The molecule has 0 aliphatic rings. The van der Waals surface area contributed by atoms with Crippen LogP contribution in [0.5, 0.6) is 5.75 Å². The van der Waals surface area contributed by atoms with Gasteiger partial charge in [0.1, 0.15) is 5.75 Å². The van der Waals surface area contributed by atoms with E-state index in [2.05, 4.69) is 49.4 Å². The van der Waals surface area contributed by atoms with Crippen molar-refractivity contribution in [3.8, 4) is 5.75 Å². The Morgan fingerprint density at radius 2 is 1.93 bits per heavy atom. The Labute approximate surface area is 106 Å². The second kappa shape index (κ2) is 5.73. The number of benzene rings is 1. The number of phenolic OH excluding ortho intramolecular Hbond substituents is 1. The molecule has 1 aromatic carbocycles. The number of rotatable bonds is 4. The summed E-state index contributed by atoms with van der Waals surface area (Å²) in [5.41, 5.74) is 1.26. The SMILES string of the molecule is CC(I)CC(c1cccc(O)c1)C(C)C. The average molecular weight is 318 g/mol. The fourth-order valence-corrected chi connectivity index (χ4v) is 2.45. The van der Waals surface area contributed by atoms with Gasteiger partial charge in [-0.3, -0.25) is 0 Å². The Morgan fingerprint density at radius 1 is 1.27 bits per heavy atom. The molecule has 1 nitrogen and oxygen atoms in total. The van der Waals surface area contributed by atoms with Crippen molar-refractivity contribution in [3.05, 3.63) is 29.8 Å². The molecule has 0 amide bonds. The Balaban J connectivity index is 2.88. The molecule has 84 valence electrons. The van der Waals surface area contributed by atoms with Gasteiger partial charge >= 0.3 is 0 Å². The normalized spacial score (nSPS) is 15.3. The molecule has 1 N–H and O–H groups in total. The van der Waals surface area contributed by atoms with E-state index in [1.165, 1.54) is 12.0 Å². The van der Waals surface area contributed by atoms with Gasteiger partial charge in [0.15, 0.2) is 0 Å². The summed E-state index contributed by atoms with van der Waals surface area (Å²) in [6, 6.07) is 7.67. The second-order valence-electron chi connectivity index (χ2n) is 4.46. The lowest BCUT2D eigenvalue weighted by molar-refractivity contribution is 0.456. The minimum atomic E-state index is 0.374. The average Bonchev–Trinajstić information content (AvgIpc) is 2.13. The summed E-state index contributed by atoms with van der Waals surface area (Å²) in [5, 5.41) is 9.48. The number of halogens is 1. The predicted octanol–water partition coefficient (Wildman–Crippen LogP) is 4.35. The highest BCUT2D eigenvalue weighted by molar-refractivity contribution is 14.1. The molecular weight excluding hydrogens is 299 g/mol. The van der Waals surface area contributed by atoms with Crippen molar-refractivity contribution in [2.45, 2.75) is 37.0 Å². The molecule has 0 aliphatic heterocycles. The minimum absolute atomic E-state index is 0.374. The summed E-state index contributed by atoms with van der Waals surface area (Å²) in [7, 11) is 0. The summed E-state index contributed by atoms with van der Waals surface area (Å²) >= 11 is 2.46. The predicted molar refractivity (Wildman–Crippen MR) is 73.8 cm³/mol. The number of hydrogen-bond acceptors (Lipinski definition) is 1. The highest BCUT2D eigenvalue weighted by atomic mass is 127. The smallest absolute Gasteiger partial charge is 0.115 e. The molecule has 2 atom stereocenters. The van der Waals surface area contributed by atoms with Crippen LogP contribution in [0.1, 0.15) is 38.7 Å². The molecule has 2 heteroatoms. The first kappa shape index (κ1) is 12.8. The second-order valence-corrected chi connectivity index (χ2v) is 6.59. The first-order valence-electron chi connectivity index (χ1n) is 5.43. The van der Waals surface area contributed by atoms with E-state index in [1.54, 1.807) is 6.07 Å². The first-order chi connectivity index (χ1) is 7.00. The minimum Gasteiger partial charge on any atom is -0.508 e. The van der Waals surface area contributed by atoms with Gasteiger partial charge in [-0.2, -0.15) is 0 Å². The lowest BCUT2D eigenvalue weighted by Gasteiger charge is -2.22. The molecular formula is C13H19IO. The van der Waals surface area contributed by atoms with Crippen LogP contribution in [0.2, 0.25) is 0 Å². The van der Waals surface area contributed by atoms with Crippen molar-refractivity contribution in [2.75, 3.05) is 0 Å². The standard InChI is InChI=1S/C13H19IO/c1-9(2)13(7-10(3)14)11-5-4-6-12(15)8-11/h4-6,8-10,13,15H,7H2,1-3H3. The third kappa shape index (κ3) is 4.01. The number of hydrogen-bond donors (Lipinski definition) is 1. The van der Waals surface area contributed by atoms with Crippen molar-refractivity contribution >= 4 is 22.6 Å². The highest BCUT2D eigenvalue weighted by Crippen LogP contribution is 2.32. The molecule has 2 unspecified atom stereocenters. The largest absolute Gasteiger partial charge is 0.508 e. The summed E-state index contributed by atoms with van der Waals surface area (Å²) in [6.45, 7) is 6.72. The van der Waals surface area contributed by atoms with Crippen LogP contribution < -0.4 is 0 Å². The zero-order valence-electron chi connectivity index (χ0n) is 9.57. The Bertz CT molecular complexity index is 307. The molecule has 0 radical (unpaired) electrons. The third-order valence-corrected chi connectivity index (χ3v) is 3.19. The van der Waals surface area contributed by atoms with E-state index in [1.807, 2.05) is 12.1 Å². The highest BCUT2D eigenvalue weighted by Gasteiger charge is 2.17. The van der Waals surface area contributed by atoms with Gasteiger partial charge < -0.3 is 5.11 Å². The number of phenols is 1. The van der Waals surface area contributed by atoms with Crippen LogP contribution in [0.3, 0.4) is 0 Å². The Kier molecular flexibility index (Phi) is 4.90. The van der Waals surface area contributed by atoms with Crippen LogP contribution in [0.15, 0.2) is 24.3 Å². The molecule has 0 bridgehead atoms. The van der Waals surface area contributed by atoms with E-state index in [0.717, 1.165) is 0 Å². The van der Waals surface area contributed by atoms with Gasteiger partial charge in [-0.25, -0.2) is 0 Å². The van der Waals surface area contributed by atoms with E-state index >= 15 is 0 Å². The Morgan fingerprint density at radius 3 is 2.40 bits per heavy atom. The molecule has 0 fully saturated rings. The Hall–Kier alpha value is -0.250. The zero-order chi connectivity index (χ0) is 11.4. The van der Waals surface area contributed by atoms with Crippen LogP contribution in [0.4, 0.5) is 0 Å². The maximum Gasteiger partial charge on any atom is 0.115 e. The quantitative estimate of drug-likeness (QED) is 0.646. The summed E-state index contributed by atoms with van der Waals surface area (Å²) in [4.78, 5) is 0. The molecule has 0 spiro atoms. The van der Waals surface area contributed by atoms with Crippen molar-refractivity contribution in [2.24, 2.45) is 5.92 Å². The topological polar surface area (TPSA) is 20.2 Å². The maximum absolute atomic E-state index is 9.48. The van der Waals surface area contributed by atoms with Crippen molar-refractivity contribution in [3.63, 3.8) is 0 Å². The van der Waals surface area contributed by atoms with Crippen LogP contribution in [-0.2, 0) is 0 Å². The van der Waals surface area contributed by atoms with Crippen LogP contribution in [0, 0.1) is 5.92 Å². The van der Waals surface area contributed by atoms with E-state index in [4.69, 9.17) is 0 Å². The molecule has 1 rings (SSSR count). The van der Waals surface area contributed by atoms with Gasteiger partial charge in [-0.15, -0.1) is 0 Å². The fraction of sp³-hybridized carbons (Fsp3) is 0.538. The lowest BCUT2D eigenvalue weighted by Crippen LogP contribution is -2.10. The molecule has 0 saturated heterocycles. The summed E-state index contributed by atoms with van der Waals surface area (Å²) in [5.74, 6) is 1.53. The van der Waals surface area contributed by atoms with E-state index in [-0.39, 0.29) is 0 Å². The molecule has 0 heterocycles. The van der Waals surface area contributed by atoms with Crippen LogP contribution in [0.25, 0.3) is 0 Å². The zero-order valence-corrected chi connectivity index (χ0v) is 11.7. The van der Waals surface area contributed by atoms with Gasteiger partial charge in [0, 0.05) is 3.92 Å². The van der Waals surface area contributed by atoms with Crippen LogP contribution >= 0.6 is 22.6 Å². The van der Waals surface area contributed by atoms with Gasteiger partial charge in [0.2, 0.25) is 0 Å². The molecule has 15 heavy (non-hydrogen) atoms. The summed E-state index contributed by atoms with van der Waals surface area (Å²) < 4.78 is 0.664. The number of aromatic hydroxyl groups is 1. The van der Waals surface area contributed by atoms with Gasteiger partial charge in [-0.1, -0.05) is 55.5 Å². The van der Waals surface area contributed by atoms with Crippen molar-refractivity contribution in [1.82, 2.24) is 0 Å². The monoisotopic (exact) mass is 318 g/mol. The lowest BCUT2D eigenvalue weighted by atomic mass is 9.85. The van der Waals surface area contributed by atoms with Crippen molar-refractivity contribution < 1.29 is 5.11 Å². The molecule has 0 aromatic heterocycles. The number of alkyl halides is 1. The fourth-order valence-electron chi connectivity index (χ4n) is 1.90. The van der Waals surface area contributed by atoms with Crippen LogP contribution in [-0.4, -0.2) is 9.03 Å².